The maximum absolute atomic E-state index is 12.8. The first-order chi connectivity index (χ1) is 10.4. The third-order valence-electron chi connectivity index (χ3n) is 4.22. The van der Waals surface area contributed by atoms with Gasteiger partial charge in [0.05, 0.1) is 18.1 Å². The van der Waals surface area contributed by atoms with E-state index in [0.29, 0.717) is 23.4 Å². The summed E-state index contributed by atoms with van der Waals surface area (Å²) in [5, 5.41) is 0. The lowest BCUT2D eigenvalue weighted by atomic mass is 10.0. The van der Waals surface area contributed by atoms with Crippen molar-refractivity contribution in [1.82, 2.24) is 4.90 Å². The molecule has 2 heterocycles. The van der Waals surface area contributed by atoms with E-state index >= 15 is 0 Å². The van der Waals surface area contributed by atoms with Crippen molar-refractivity contribution in [2.45, 2.75) is 45.7 Å². The Morgan fingerprint density at radius 3 is 2.55 bits per heavy atom. The number of sulfone groups is 1. The van der Waals surface area contributed by atoms with Crippen molar-refractivity contribution in [2.24, 2.45) is 5.92 Å². The molecule has 0 radical (unpaired) electrons. The minimum atomic E-state index is -3.03. The quantitative estimate of drug-likeness (QED) is 0.747. The van der Waals surface area contributed by atoms with Crippen LogP contribution in [0.5, 0.6) is 0 Å². The van der Waals surface area contributed by atoms with E-state index in [-0.39, 0.29) is 29.4 Å². The summed E-state index contributed by atoms with van der Waals surface area (Å²) in [6, 6.07) is 3.34. The van der Waals surface area contributed by atoms with Crippen molar-refractivity contribution < 1.29 is 17.6 Å². The number of hydrogen-bond donors (Lipinski definition) is 0. The number of halogens is 1. The number of carbonyl (C=O) groups is 1. The molecule has 0 unspecified atom stereocenters. The van der Waals surface area contributed by atoms with Gasteiger partial charge in [-0.25, -0.2) is 8.42 Å². The zero-order chi connectivity index (χ0) is 16.3. The van der Waals surface area contributed by atoms with Gasteiger partial charge >= 0.3 is 0 Å². The molecule has 22 heavy (non-hydrogen) atoms. The normalized spacial score (nSPS) is 20.5. The summed E-state index contributed by atoms with van der Waals surface area (Å²) in [7, 11) is -3.03. The highest BCUT2D eigenvalue weighted by Crippen LogP contribution is 2.25. The Bertz CT molecular complexity index is 621. The predicted octanol–water partition coefficient (Wildman–Crippen LogP) is 2.99. The molecule has 1 saturated heterocycles. The fourth-order valence-electron chi connectivity index (χ4n) is 2.89. The molecule has 0 aromatic carbocycles. The van der Waals surface area contributed by atoms with Gasteiger partial charge in [0.2, 0.25) is 5.91 Å². The van der Waals surface area contributed by atoms with Crippen LogP contribution in [0.1, 0.15) is 38.9 Å². The maximum Gasteiger partial charge on any atom is 0.226 e. The molecule has 1 amide bonds. The van der Waals surface area contributed by atoms with E-state index in [2.05, 4.69) is 15.9 Å². The van der Waals surface area contributed by atoms with Crippen molar-refractivity contribution in [2.75, 3.05) is 11.5 Å². The number of furan rings is 1. The van der Waals surface area contributed by atoms with Gasteiger partial charge in [0, 0.05) is 12.0 Å². The topological polar surface area (TPSA) is 67.6 Å². The van der Waals surface area contributed by atoms with E-state index in [9.17, 15) is 13.2 Å². The Morgan fingerprint density at radius 2 is 2.09 bits per heavy atom. The van der Waals surface area contributed by atoms with Crippen LogP contribution in [0.3, 0.4) is 0 Å². The van der Waals surface area contributed by atoms with Gasteiger partial charge in [0.25, 0.3) is 0 Å². The number of rotatable bonds is 6. The lowest BCUT2D eigenvalue weighted by Gasteiger charge is -2.30. The number of carbonyl (C=O) groups excluding carboxylic acids is 1. The first kappa shape index (κ1) is 17.5. The van der Waals surface area contributed by atoms with Crippen molar-refractivity contribution in [3.8, 4) is 0 Å². The second kappa shape index (κ2) is 7.17. The van der Waals surface area contributed by atoms with Crippen LogP contribution in [0.4, 0.5) is 0 Å². The Kier molecular flexibility index (Phi) is 5.71. The van der Waals surface area contributed by atoms with Crippen molar-refractivity contribution in [3.05, 3.63) is 22.6 Å². The first-order valence-corrected chi connectivity index (χ1v) is 10.2. The molecule has 124 valence electrons. The Labute approximate surface area is 140 Å². The molecular weight excluding hydrogens is 370 g/mol. The van der Waals surface area contributed by atoms with Gasteiger partial charge in [-0.15, -0.1) is 0 Å². The van der Waals surface area contributed by atoms with Crippen LogP contribution < -0.4 is 0 Å². The van der Waals surface area contributed by atoms with E-state index in [1.165, 1.54) is 0 Å². The molecule has 1 aromatic rings. The molecule has 1 fully saturated rings. The summed E-state index contributed by atoms with van der Waals surface area (Å²) in [5.41, 5.74) is 0. The molecule has 1 atom stereocenters. The van der Waals surface area contributed by atoms with Gasteiger partial charge in [-0.1, -0.05) is 13.8 Å². The summed E-state index contributed by atoms with van der Waals surface area (Å²) in [6.45, 7) is 4.29. The van der Waals surface area contributed by atoms with E-state index in [4.69, 9.17) is 4.42 Å². The highest BCUT2D eigenvalue weighted by Gasteiger charge is 2.36. The summed E-state index contributed by atoms with van der Waals surface area (Å²) in [6.07, 6.45) is 2.02. The molecule has 1 aliphatic rings. The van der Waals surface area contributed by atoms with Crippen LogP contribution in [0, 0.1) is 5.92 Å². The van der Waals surface area contributed by atoms with Crippen LogP contribution in [0.2, 0.25) is 0 Å². The lowest BCUT2D eigenvalue weighted by molar-refractivity contribution is -0.138. The molecule has 1 aromatic heterocycles. The fraction of sp³-hybridized carbons (Fsp3) is 0.667. The molecule has 0 aliphatic carbocycles. The van der Waals surface area contributed by atoms with E-state index in [1.54, 1.807) is 17.0 Å². The van der Waals surface area contributed by atoms with Crippen LogP contribution in [0.15, 0.2) is 21.2 Å². The summed E-state index contributed by atoms with van der Waals surface area (Å²) >= 11 is 3.25. The molecule has 0 spiro atoms. The Balaban J connectivity index is 2.22. The Morgan fingerprint density at radius 1 is 1.41 bits per heavy atom. The van der Waals surface area contributed by atoms with E-state index in [1.807, 2.05) is 13.8 Å². The van der Waals surface area contributed by atoms with E-state index in [0.717, 1.165) is 12.8 Å². The molecule has 0 saturated carbocycles. The SMILES string of the molecule is CCC(CC)C(=O)N(Cc1ccc(Br)o1)[C@@H]1CCS(=O)(=O)C1. The zero-order valence-corrected chi connectivity index (χ0v) is 15.3. The minimum absolute atomic E-state index is 0.0274. The third kappa shape index (κ3) is 4.13. The first-order valence-electron chi connectivity index (χ1n) is 7.61. The molecule has 5 nitrogen and oxygen atoms in total. The second-order valence-electron chi connectivity index (χ2n) is 5.74. The number of hydrogen-bond acceptors (Lipinski definition) is 4. The standard InChI is InChI=1S/C15H22BrNO4S/c1-3-11(4-2)15(18)17(9-13-5-6-14(16)21-13)12-7-8-22(19,20)10-12/h5-6,11-12H,3-4,7-10H2,1-2H3/t12-/m1/s1. The maximum atomic E-state index is 12.8. The molecule has 2 rings (SSSR count). The Hall–Kier alpha value is -0.820. The van der Waals surface area contributed by atoms with Gasteiger partial charge in [-0.2, -0.15) is 0 Å². The summed E-state index contributed by atoms with van der Waals surface area (Å²) < 4.78 is 29.6. The van der Waals surface area contributed by atoms with Gasteiger partial charge in [-0.05, 0) is 47.3 Å². The summed E-state index contributed by atoms with van der Waals surface area (Å²) in [4.78, 5) is 14.5. The highest BCUT2D eigenvalue weighted by atomic mass is 79.9. The van der Waals surface area contributed by atoms with Crippen LogP contribution in [-0.4, -0.2) is 36.8 Å². The van der Waals surface area contributed by atoms with Crippen LogP contribution in [0.25, 0.3) is 0 Å². The van der Waals surface area contributed by atoms with Crippen molar-refractivity contribution in [1.29, 1.82) is 0 Å². The smallest absolute Gasteiger partial charge is 0.226 e. The molecular formula is C15H22BrNO4S. The average molecular weight is 392 g/mol. The number of nitrogens with zero attached hydrogens (tertiary/aromatic N) is 1. The van der Waals surface area contributed by atoms with Crippen molar-refractivity contribution in [3.63, 3.8) is 0 Å². The van der Waals surface area contributed by atoms with Gasteiger partial charge in [0.15, 0.2) is 14.5 Å². The minimum Gasteiger partial charge on any atom is -0.452 e. The molecule has 7 heteroatoms. The third-order valence-corrected chi connectivity index (χ3v) is 6.40. The monoisotopic (exact) mass is 391 g/mol. The van der Waals surface area contributed by atoms with Gasteiger partial charge < -0.3 is 9.32 Å². The van der Waals surface area contributed by atoms with Gasteiger partial charge in [0.1, 0.15) is 5.76 Å². The van der Waals surface area contributed by atoms with Crippen molar-refractivity contribution >= 4 is 31.7 Å². The van der Waals surface area contributed by atoms with Crippen LogP contribution in [-0.2, 0) is 21.2 Å². The second-order valence-corrected chi connectivity index (χ2v) is 8.75. The predicted molar refractivity (Wildman–Crippen MR) is 88.1 cm³/mol. The largest absolute Gasteiger partial charge is 0.452 e. The average Bonchev–Trinajstić information content (AvgIpc) is 3.03. The van der Waals surface area contributed by atoms with Gasteiger partial charge in [-0.3, -0.25) is 4.79 Å². The summed E-state index contributed by atoms with van der Waals surface area (Å²) in [5.74, 6) is 0.837. The molecule has 0 bridgehead atoms. The van der Waals surface area contributed by atoms with Crippen LogP contribution >= 0.6 is 15.9 Å². The highest BCUT2D eigenvalue weighted by molar-refractivity contribution is 9.10. The fourth-order valence-corrected chi connectivity index (χ4v) is 4.96. The molecule has 1 aliphatic heterocycles. The lowest BCUT2D eigenvalue weighted by Crippen LogP contribution is -2.43. The molecule has 0 N–H and O–H groups in total. The van der Waals surface area contributed by atoms with E-state index < -0.39 is 9.84 Å². The number of amides is 1. The zero-order valence-electron chi connectivity index (χ0n) is 12.9.